The molecule has 0 radical (unpaired) electrons. The molecule has 0 aliphatic carbocycles. The van der Waals surface area contributed by atoms with Gasteiger partial charge in [0, 0.05) is 18.0 Å². The summed E-state index contributed by atoms with van der Waals surface area (Å²) >= 11 is 0. The van der Waals surface area contributed by atoms with Crippen molar-refractivity contribution in [1.82, 2.24) is 0 Å². The third kappa shape index (κ3) is 1.78. The molecule has 0 aromatic carbocycles. The van der Waals surface area contributed by atoms with Crippen LogP contribution in [-0.2, 0) is 6.54 Å². The second-order valence-electron chi connectivity index (χ2n) is 3.64. The zero-order valence-electron chi connectivity index (χ0n) is 8.98. The fraction of sp³-hybridized carbons (Fsp3) is 0.636. The molecule has 0 saturated heterocycles. The SMILES string of the molecule is CCC(C)c1oc(C)c(C)c1CN. The summed E-state index contributed by atoms with van der Waals surface area (Å²) in [7, 11) is 0. The Bertz CT molecular complexity index is 289. The van der Waals surface area contributed by atoms with Gasteiger partial charge in [0.05, 0.1) is 0 Å². The molecule has 1 atom stereocenters. The molecular weight excluding hydrogens is 162 g/mol. The van der Waals surface area contributed by atoms with Crippen LogP contribution in [0.1, 0.15) is 48.8 Å². The second-order valence-corrected chi connectivity index (χ2v) is 3.64. The molecule has 0 spiro atoms. The van der Waals surface area contributed by atoms with E-state index in [-0.39, 0.29) is 0 Å². The average molecular weight is 181 g/mol. The quantitative estimate of drug-likeness (QED) is 0.778. The highest BCUT2D eigenvalue weighted by molar-refractivity contribution is 5.33. The summed E-state index contributed by atoms with van der Waals surface area (Å²) in [5.74, 6) is 2.57. The van der Waals surface area contributed by atoms with Gasteiger partial charge in [0.1, 0.15) is 11.5 Å². The van der Waals surface area contributed by atoms with E-state index in [2.05, 4.69) is 20.8 Å². The molecule has 0 bridgehead atoms. The summed E-state index contributed by atoms with van der Waals surface area (Å²) in [6.07, 6.45) is 1.10. The number of furan rings is 1. The lowest BCUT2D eigenvalue weighted by Crippen LogP contribution is -2.02. The maximum Gasteiger partial charge on any atom is 0.111 e. The molecule has 0 saturated carbocycles. The van der Waals surface area contributed by atoms with Gasteiger partial charge in [-0.05, 0) is 25.8 Å². The minimum atomic E-state index is 0.478. The Balaban J connectivity index is 3.13. The third-order valence-corrected chi connectivity index (χ3v) is 2.81. The monoisotopic (exact) mass is 181 g/mol. The molecule has 1 rings (SSSR count). The standard InChI is InChI=1S/C11H19NO/c1-5-7(2)11-10(6-12)8(3)9(4)13-11/h7H,5-6,12H2,1-4H3. The first-order valence-corrected chi connectivity index (χ1v) is 4.90. The Morgan fingerprint density at radius 2 is 2.00 bits per heavy atom. The number of hydrogen-bond donors (Lipinski definition) is 1. The zero-order chi connectivity index (χ0) is 10.0. The van der Waals surface area contributed by atoms with Crippen LogP contribution >= 0.6 is 0 Å². The van der Waals surface area contributed by atoms with Crippen LogP contribution < -0.4 is 5.73 Å². The Labute approximate surface area is 80.1 Å². The fourth-order valence-electron chi connectivity index (χ4n) is 1.54. The molecule has 74 valence electrons. The molecule has 1 heterocycles. The number of rotatable bonds is 3. The van der Waals surface area contributed by atoms with Crippen molar-refractivity contribution in [3.8, 4) is 0 Å². The molecule has 2 nitrogen and oxygen atoms in total. The maximum atomic E-state index is 5.71. The minimum absolute atomic E-state index is 0.478. The lowest BCUT2D eigenvalue weighted by molar-refractivity contribution is 0.444. The first-order chi connectivity index (χ1) is 6.11. The lowest BCUT2D eigenvalue weighted by Gasteiger charge is -2.06. The van der Waals surface area contributed by atoms with Gasteiger partial charge in [-0.15, -0.1) is 0 Å². The smallest absolute Gasteiger partial charge is 0.111 e. The highest BCUT2D eigenvalue weighted by atomic mass is 16.3. The Kier molecular flexibility index (Phi) is 3.15. The molecule has 13 heavy (non-hydrogen) atoms. The van der Waals surface area contributed by atoms with E-state index in [1.165, 1.54) is 11.1 Å². The maximum absolute atomic E-state index is 5.71. The van der Waals surface area contributed by atoms with Crippen LogP contribution in [0.15, 0.2) is 4.42 Å². The van der Waals surface area contributed by atoms with Crippen LogP contribution in [-0.4, -0.2) is 0 Å². The van der Waals surface area contributed by atoms with Crippen molar-refractivity contribution in [2.24, 2.45) is 5.73 Å². The van der Waals surface area contributed by atoms with Gasteiger partial charge >= 0.3 is 0 Å². The third-order valence-electron chi connectivity index (χ3n) is 2.81. The lowest BCUT2D eigenvalue weighted by atomic mass is 10.00. The van der Waals surface area contributed by atoms with Crippen molar-refractivity contribution in [1.29, 1.82) is 0 Å². The molecule has 1 aromatic heterocycles. The minimum Gasteiger partial charge on any atom is -0.465 e. The number of hydrogen-bond acceptors (Lipinski definition) is 2. The highest BCUT2D eigenvalue weighted by Gasteiger charge is 2.17. The predicted molar refractivity (Wildman–Crippen MR) is 54.8 cm³/mol. The van der Waals surface area contributed by atoms with Gasteiger partial charge in [-0.2, -0.15) is 0 Å². The average Bonchev–Trinajstić information content (AvgIpc) is 2.42. The summed E-state index contributed by atoms with van der Waals surface area (Å²) in [5.41, 5.74) is 8.12. The van der Waals surface area contributed by atoms with Crippen molar-refractivity contribution in [3.05, 3.63) is 22.6 Å². The van der Waals surface area contributed by atoms with E-state index in [1.54, 1.807) is 0 Å². The molecule has 1 unspecified atom stereocenters. The van der Waals surface area contributed by atoms with Crippen LogP contribution in [0.25, 0.3) is 0 Å². The van der Waals surface area contributed by atoms with Gasteiger partial charge < -0.3 is 10.2 Å². The summed E-state index contributed by atoms with van der Waals surface area (Å²) in [4.78, 5) is 0. The molecule has 2 N–H and O–H groups in total. The number of aryl methyl sites for hydroxylation is 1. The number of nitrogens with two attached hydrogens (primary N) is 1. The first kappa shape index (κ1) is 10.3. The fourth-order valence-corrected chi connectivity index (χ4v) is 1.54. The van der Waals surface area contributed by atoms with Crippen molar-refractivity contribution in [2.75, 3.05) is 0 Å². The van der Waals surface area contributed by atoms with Crippen LogP contribution in [0.5, 0.6) is 0 Å². The van der Waals surface area contributed by atoms with Crippen LogP contribution in [0, 0.1) is 13.8 Å². The van der Waals surface area contributed by atoms with E-state index in [0.29, 0.717) is 12.5 Å². The summed E-state index contributed by atoms with van der Waals surface area (Å²) in [6.45, 7) is 9.01. The Morgan fingerprint density at radius 3 is 2.46 bits per heavy atom. The topological polar surface area (TPSA) is 39.2 Å². The molecular formula is C11H19NO. The molecule has 2 heteroatoms. The van der Waals surface area contributed by atoms with E-state index in [0.717, 1.165) is 17.9 Å². The normalized spacial score (nSPS) is 13.3. The molecule has 0 aliphatic rings. The molecule has 0 amide bonds. The van der Waals surface area contributed by atoms with E-state index >= 15 is 0 Å². The van der Waals surface area contributed by atoms with E-state index < -0.39 is 0 Å². The Hall–Kier alpha value is -0.760. The zero-order valence-corrected chi connectivity index (χ0v) is 8.98. The molecule has 1 aromatic rings. The van der Waals surface area contributed by atoms with Gasteiger partial charge in [-0.3, -0.25) is 0 Å². The van der Waals surface area contributed by atoms with Crippen molar-refractivity contribution >= 4 is 0 Å². The van der Waals surface area contributed by atoms with Gasteiger partial charge in [0.25, 0.3) is 0 Å². The van der Waals surface area contributed by atoms with Crippen molar-refractivity contribution in [2.45, 2.75) is 46.6 Å². The first-order valence-electron chi connectivity index (χ1n) is 4.90. The van der Waals surface area contributed by atoms with E-state index in [4.69, 9.17) is 10.2 Å². The van der Waals surface area contributed by atoms with Gasteiger partial charge in [-0.25, -0.2) is 0 Å². The second kappa shape index (κ2) is 3.97. The summed E-state index contributed by atoms with van der Waals surface area (Å²) in [6, 6.07) is 0. The van der Waals surface area contributed by atoms with Crippen LogP contribution in [0.4, 0.5) is 0 Å². The van der Waals surface area contributed by atoms with Crippen LogP contribution in [0.2, 0.25) is 0 Å². The largest absolute Gasteiger partial charge is 0.465 e. The van der Waals surface area contributed by atoms with Gasteiger partial charge in [-0.1, -0.05) is 13.8 Å². The van der Waals surface area contributed by atoms with Gasteiger partial charge in [0.2, 0.25) is 0 Å². The summed E-state index contributed by atoms with van der Waals surface area (Å²) < 4.78 is 5.71. The van der Waals surface area contributed by atoms with Crippen molar-refractivity contribution < 1.29 is 4.42 Å². The Morgan fingerprint density at radius 1 is 1.38 bits per heavy atom. The highest BCUT2D eigenvalue weighted by Crippen LogP contribution is 2.29. The van der Waals surface area contributed by atoms with Crippen molar-refractivity contribution in [3.63, 3.8) is 0 Å². The van der Waals surface area contributed by atoms with E-state index in [9.17, 15) is 0 Å². The summed E-state index contributed by atoms with van der Waals surface area (Å²) in [5, 5.41) is 0. The molecule has 0 aliphatic heterocycles. The molecule has 0 fully saturated rings. The van der Waals surface area contributed by atoms with Gasteiger partial charge in [0.15, 0.2) is 0 Å². The van der Waals surface area contributed by atoms with Crippen LogP contribution in [0.3, 0.4) is 0 Å². The predicted octanol–water partition coefficient (Wildman–Crippen LogP) is 2.87. The van der Waals surface area contributed by atoms with E-state index in [1.807, 2.05) is 6.92 Å².